The van der Waals surface area contributed by atoms with Crippen LogP contribution in [0.25, 0.3) is 0 Å². The smallest absolute Gasteiger partial charge is 0.249 e. The van der Waals surface area contributed by atoms with Crippen LogP contribution in [-0.2, 0) is 4.79 Å². The molecular weight excluding hydrogens is 851 g/mol. The number of unbranched alkanes of at least 4 members (excludes halogenated alkanes) is 48. The zero-order valence-electron chi connectivity index (χ0n) is 46.8. The van der Waals surface area contributed by atoms with Crippen LogP contribution in [0.1, 0.15) is 354 Å². The maximum absolute atomic E-state index is 12.6. The van der Waals surface area contributed by atoms with Gasteiger partial charge in [-0.1, -0.05) is 328 Å². The van der Waals surface area contributed by atoms with E-state index in [4.69, 9.17) is 0 Å². The van der Waals surface area contributed by atoms with Crippen LogP contribution < -0.4 is 5.32 Å². The molecule has 0 saturated carbocycles. The molecule has 5 N–H and O–H groups in total. The van der Waals surface area contributed by atoms with E-state index in [1.807, 2.05) is 0 Å². The molecule has 69 heavy (non-hydrogen) atoms. The largest absolute Gasteiger partial charge is 0.394 e. The topological polar surface area (TPSA) is 110 Å². The Morgan fingerprint density at radius 1 is 0.348 bits per heavy atom. The summed E-state index contributed by atoms with van der Waals surface area (Å²) in [6.07, 6.45) is 70.3. The number of amides is 1. The van der Waals surface area contributed by atoms with E-state index in [-0.39, 0.29) is 0 Å². The van der Waals surface area contributed by atoms with Crippen LogP contribution in [0.2, 0.25) is 0 Å². The van der Waals surface area contributed by atoms with Crippen LogP contribution in [0.4, 0.5) is 0 Å². The third kappa shape index (κ3) is 51.7. The molecule has 6 heteroatoms. The minimum atomic E-state index is -1.26. The van der Waals surface area contributed by atoms with Crippen LogP contribution in [0, 0.1) is 0 Å². The number of carbonyl (C=O) groups excluding carboxylic acids is 1. The molecule has 0 bridgehead atoms. The molecule has 4 unspecified atom stereocenters. The Labute approximate surface area is 432 Å². The zero-order valence-corrected chi connectivity index (χ0v) is 46.8. The van der Waals surface area contributed by atoms with Crippen LogP contribution in [0.3, 0.4) is 0 Å². The molecule has 0 aromatic rings. The van der Waals surface area contributed by atoms with Crippen molar-refractivity contribution in [2.45, 2.75) is 379 Å². The molecule has 0 aliphatic heterocycles. The van der Waals surface area contributed by atoms with Crippen LogP contribution in [0.5, 0.6) is 0 Å². The quantitative estimate of drug-likeness (QED) is 0.0308. The summed E-state index contributed by atoms with van der Waals surface area (Å²) in [5.41, 5.74) is 0. The fourth-order valence-electron chi connectivity index (χ4n) is 10.3. The Kier molecular flexibility index (Phi) is 57.1. The third-order valence-corrected chi connectivity index (χ3v) is 15.2. The van der Waals surface area contributed by atoms with Gasteiger partial charge in [0.15, 0.2) is 0 Å². The molecule has 6 nitrogen and oxygen atoms in total. The number of allylic oxidation sites excluding steroid dienone is 2. The van der Waals surface area contributed by atoms with Crippen molar-refractivity contribution in [2.75, 3.05) is 6.61 Å². The van der Waals surface area contributed by atoms with Crippen LogP contribution in [-0.4, -0.2) is 57.3 Å². The molecule has 0 aliphatic rings. The van der Waals surface area contributed by atoms with E-state index in [9.17, 15) is 25.2 Å². The molecule has 412 valence electrons. The Morgan fingerprint density at radius 2 is 0.580 bits per heavy atom. The lowest BCUT2D eigenvalue weighted by Crippen LogP contribution is -2.53. The van der Waals surface area contributed by atoms with Gasteiger partial charge in [-0.05, 0) is 38.5 Å². The van der Waals surface area contributed by atoms with E-state index in [1.165, 1.54) is 289 Å². The van der Waals surface area contributed by atoms with Gasteiger partial charge in [0, 0.05) is 0 Å². The highest BCUT2D eigenvalue weighted by molar-refractivity contribution is 5.80. The normalized spacial score (nSPS) is 13.7. The summed E-state index contributed by atoms with van der Waals surface area (Å²) in [6, 6.07) is -0.983. The first-order valence-electron chi connectivity index (χ1n) is 31.6. The highest BCUT2D eigenvalue weighted by atomic mass is 16.3. The Morgan fingerprint density at radius 3 is 0.841 bits per heavy atom. The average molecular weight is 977 g/mol. The van der Waals surface area contributed by atoms with Gasteiger partial charge in [-0.15, -0.1) is 0 Å². The van der Waals surface area contributed by atoms with Gasteiger partial charge < -0.3 is 25.7 Å². The minimum absolute atomic E-state index is 0.374. The average Bonchev–Trinajstić information content (AvgIpc) is 3.35. The highest BCUT2D eigenvalue weighted by Crippen LogP contribution is 2.19. The summed E-state index contributed by atoms with van der Waals surface area (Å²) in [5, 5.41) is 44.1. The maximum atomic E-state index is 12.6. The predicted molar refractivity (Wildman–Crippen MR) is 302 cm³/mol. The lowest BCUT2D eigenvalue weighted by Gasteiger charge is -2.27. The van der Waals surface area contributed by atoms with Crippen LogP contribution >= 0.6 is 0 Å². The van der Waals surface area contributed by atoms with Crippen molar-refractivity contribution in [3.05, 3.63) is 12.2 Å². The lowest BCUT2D eigenvalue weighted by molar-refractivity contribution is -0.132. The fourth-order valence-corrected chi connectivity index (χ4v) is 10.3. The van der Waals surface area contributed by atoms with E-state index >= 15 is 0 Å². The Balaban J connectivity index is 3.51. The summed E-state index contributed by atoms with van der Waals surface area (Å²) >= 11 is 0. The summed E-state index contributed by atoms with van der Waals surface area (Å²) in [7, 11) is 0. The number of hydrogen-bond acceptors (Lipinski definition) is 5. The Hall–Kier alpha value is -0.950. The second-order valence-corrected chi connectivity index (χ2v) is 22.1. The summed E-state index contributed by atoms with van der Waals surface area (Å²) in [6.45, 7) is 4.10. The van der Waals surface area contributed by atoms with Crippen molar-refractivity contribution < 1.29 is 25.2 Å². The van der Waals surface area contributed by atoms with Crippen molar-refractivity contribution in [1.29, 1.82) is 0 Å². The predicted octanol–water partition coefficient (Wildman–Crippen LogP) is 18.8. The fraction of sp³-hybridized carbons (Fsp3) is 0.952. The molecule has 0 radical (unpaired) electrons. The van der Waals surface area contributed by atoms with Gasteiger partial charge in [0.25, 0.3) is 0 Å². The first-order chi connectivity index (χ1) is 34.0. The number of nitrogens with one attached hydrogen (secondary N) is 1. The van der Waals surface area contributed by atoms with Crippen molar-refractivity contribution in [3.63, 3.8) is 0 Å². The molecule has 0 fully saturated rings. The molecule has 0 heterocycles. The SMILES string of the molecule is CCCCCCCCCCCCCCCCCC/C=C\CCCCCCCCCCCCCCCCCCC(O)C(=O)NC(CO)C(O)C(O)CCCCCCCCCCCCCCCCCCC. The van der Waals surface area contributed by atoms with Gasteiger partial charge in [0.1, 0.15) is 12.2 Å². The summed E-state index contributed by atoms with van der Waals surface area (Å²) in [4.78, 5) is 12.6. The highest BCUT2D eigenvalue weighted by Gasteiger charge is 2.28. The van der Waals surface area contributed by atoms with E-state index in [1.54, 1.807) is 0 Å². The third-order valence-electron chi connectivity index (χ3n) is 15.2. The number of aliphatic hydroxyl groups is 4. The van der Waals surface area contributed by atoms with Gasteiger partial charge in [0.2, 0.25) is 5.91 Å². The first-order valence-corrected chi connectivity index (χ1v) is 31.6. The number of hydrogen-bond donors (Lipinski definition) is 5. The van der Waals surface area contributed by atoms with Crippen LogP contribution in [0.15, 0.2) is 12.2 Å². The molecule has 1 amide bonds. The van der Waals surface area contributed by atoms with E-state index < -0.39 is 36.9 Å². The van der Waals surface area contributed by atoms with Crippen molar-refractivity contribution in [1.82, 2.24) is 5.32 Å². The molecule has 0 aromatic carbocycles. The van der Waals surface area contributed by atoms with Gasteiger partial charge in [-0.2, -0.15) is 0 Å². The second-order valence-electron chi connectivity index (χ2n) is 22.1. The van der Waals surface area contributed by atoms with Gasteiger partial charge in [0.05, 0.1) is 18.8 Å². The Bertz CT molecular complexity index is 1010. The van der Waals surface area contributed by atoms with Gasteiger partial charge in [-0.3, -0.25) is 4.79 Å². The molecule has 0 aromatic heterocycles. The molecule has 0 saturated heterocycles. The number of aliphatic hydroxyl groups excluding tert-OH is 4. The first kappa shape index (κ1) is 68.0. The molecular formula is C63H125NO5. The van der Waals surface area contributed by atoms with Crippen molar-refractivity contribution >= 4 is 5.91 Å². The van der Waals surface area contributed by atoms with Gasteiger partial charge >= 0.3 is 0 Å². The van der Waals surface area contributed by atoms with Crippen molar-refractivity contribution in [3.8, 4) is 0 Å². The number of rotatable bonds is 59. The number of carbonyl (C=O) groups is 1. The molecule has 0 aliphatic carbocycles. The van der Waals surface area contributed by atoms with Gasteiger partial charge in [-0.25, -0.2) is 0 Å². The van der Waals surface area contributed by atoms with E-state index in [0.29, 0.717) is 12.8 Å². The van der Waals surface area contributed by atoms with E-state index in [2.05, 4.69) is 31.3 Å². The molecule has 0 spiro atoms. The standard InChI is InChI=1S/C63H125NO5/c1-3-5-7-9-11-13-15-17-19-21-22-23-24-25-26-27-28-29-30-31-32-33-34-35-36-37-38-39-41-43-45-47-49-51-53-55-57-61(67)63(69)64-59(58-65)62(68)60(66)56-54-52-50-48-46-44-42-40-20-18-16-14-12-10-8-6-4-2/h29-30,59-62,65-68H,3-28,31-58H2,1-2H3,(H,64,69)/b30-29-. The molecule has 0 rings (SSSR count). The summed E-state index contributed by atoms with van der Waals surface area (Å²) < 4.78 is 0. The minimum Gasteiger partial charge on any atom is -0.394 e. The maximum Gasteiger partial charge on any atom is 0.249 e. The molecule has 4 atom stereocenters. The zero-order chi connectivity index (χ0) is 50.2. The summed E-state index contributed by atoms with van der Waals surface area (Å²) in [5.74, 6) is -0.577. The lowest BCUT2D eigenvalue weighted by atomic mass is 9.99. The van der Waals surface area contributed by atoms with E-state index in [0.717, 1.165) is 38.5 Å². The van der Waals surface area contributed by atoms with Crippen molar-refractivity contribution in [2.24, 2.45) is 0 Å². The monoisotopic (exact) mass is 976 g/mol. The second kappa shape index (κ2) is 57.9.